The number of hydrogen-bond acceptors (Lipinski definition) is 2. The third-order valence-electron chi connectivity index (χ3n) is 2.26. The van der Waals surface area contributed by atoms with Crippen LogP contribution in [0.3, 0.4) is 0 Å². The molecule has 2 nitrogen and oxygen atoms in total. The van der Waals surface area contributed by atoms with Crippen LogP contribution in [0.15, 0.2) is 36.5 Å². The molecular weight excluding hydrogens is 208 g/mol. The van der Waals surface area contributed by atoms with Crippen molar-refractivity contribution < 1.29 is 0 Å². The van der Waals surface area contributed by atoms with Gasteiger partial charge in [0.2, 0.25) is 0 Å². The summed E-state index contributed by atoms with van der Waals surface area (Å²) in [6.07, 6.45) is 1.66. The summed E-state index contributed by atoms with van der Waals surface area (Å²) in [6.45, 7) is 1.96. The normalized spacial score (nSPS) is 10.3. The standard InChI is InChI=1S/C12H11ClN2/c1-8-12(6-11(14)7-15-8)9-2-4-10(13)5-3-9/h2-7H,14H2,1H3. The first-order valence-electron chi connectivity index (χ1n) is 4.65. The summed E-state index contributed by atoms with van der Waals surface area (Å²) in [4.78, 5) is 4.22. The van der Waals surface area contributed by atoms with Crippen molar-refractivity contribution in [3.05, 3.63) is 47.2 Å². The number of anilines is 1. The Balaban J connectivity index is 2.53. The van der Waals surface area contributed by atoms with Crippen LogP contribution in [0.4, 0.5) is 5.69 Å². The van der Waals surface area contributed by atoms with E-state index in [9.17, 15) is 0 Å². The van der Waals surface area contributed by atoms with Crippen LogP contribution in [0.1, 0.15) is 5.69 Å². The zero-order valence-electron chi connectivity index (χ0n) is 8.37. The van der Waals surface area contributed by atoms with Gasteiger partial charge in [0, 0.05) is 16.3 Å². The maximum atomic E-state index is 5.83. The van der Waals surface area contributed by atoms with Gasteiger partial charge < -0.3 is 5.73 Å². The summed E-state index contributed by atoms with van der Waals surface area (Å²) < 4.78 is 0. The monoisotopic (exact) mass is 218 g/mol. The Labute approximate surface area is 93.7 Å². The lowest BCUT2D eigenvalue weighted by Crippen LogP contribution is -1.92. The molecule has 1 aromatic carbocycles. The van der Waals surface area contributed by atoms with Gasteiger partial charge in [0.1, 0.15) is 0 Å². The minimum atomic E-state index is 0.672. The van der Waals surface area contributed by atoms with Gasteiger partial charge >= 0.3 is 0 Å². The second-order valence-corrected chi connectivity index (χ2v) is 3.84. The first-order valence-corrected chi connectivity index (χ1v) is 5.02. The topological polar surface area (TPSA) is 38.9 Å². The van der Waals surface area contributed by atoms with Gasteiger partial charge in [0.05, 0.1) is 11.9 Å². The van der Waals surface area contributed by atoms with Crippen molar-refractivity contribution in [2.75, 3.05) is 5.73 Å². The number of nitrogens with zero attached hydrogens (tertiary/aromatic N) is 1. The molecule has 0 amide bonds. The minimum absolute atomic E-state index is 0.672. The van der Waals surface area contributed by atoms with E-state index in [1.54, 1.807) is 6.20 Å². The second-order valence-electron chi connectivity index (χ2n) is 3.41. The predicted octanol–water partition coefficient (Wildman–Crippen LogP) is 3.29. The van der Waals surface area contributed by atoms with E-state index in [2.05, 4.69) is 4.98 Å². The molecule has 0 saturated carbocycles. The largest absolute Gasteiger partial charge is 0.397 e. The van der Waals surface area contributed by atoms with Crippen LogP contribution in [-0.4, -0.2) is 4.98 Å². The van der Waals surface area contributed by atoms with E-state index < -0.39 is 0 Å². The number of pyridine rings is 1. The van der Waals surface area contributed by atoms with Gasteiger partial charge in [-0.3, -0.25) is 4.98 Å². The van der Waals surface area contributed by atoms with Crippen molar-refractivity contribution in [1.82, 2.24) is 4.98 Å². The second kappa shape index (κ2) is 3.91. The fourth-order valence-electron chi connectivity index (χ4n) is 1.47. The van der Waals surface area contributed by atoms with E-state index in [0.717, 1.165) is 21.8 Å². The van der Waals surface area contributed by atoms with Crippen LogP contribution in [0.5, 0.6) is 0 Å². The maximum Gasteiger partial charge on any atom is 0.0507 e. The van der Waals surface area contributed by atoms with Gasteiger partial charge in [-0.1, -0.05) is 23.7 Å². The highest BCUT2D eigenvalue weighted by molar-refractivity contribution is 6.30. The summed E-state index contributed by atoms with van der Waals surface area (Å²) in [7, 11) is 0. The Hall–Kier alpha value is -1.54. The molecule has 0 radical (unpaired) electrons. The summed E-state index contributed by atoms with van der Waals surface area (Å²) in [5.41, 5.74) is 9.47. The molecule has 0 fully saturated rings. The SMILES string of the molecule is Cc1ncc(N)cc1-c1ccc(Cl)cc1. The number of nitrogens with two attached hydrogens (primary N) is 1. The molecule has 3 heteroatoms. The molecule has 0 aliphatic heterocycles. The third kappa shape index (κ3) is 2.10. The van der Waals surface area contributed by atoms with Gasteiger partial charge in [0.25, 0.3) is 0 Å². The Bertz CT molecular complexity index is 477. The van der Waals surface area contributed by atoms with Gasteiger partial charge in [-0.15, -0.1) is 0 Å². The van der Waals surface area contributed by atoms with Crippen molar-refractivity contribution in [1.29, 1.82) is 0 Å². The highest BCUT2D eigenvalue weighted by Gasteiger charge is 2.03. The summed E-state index contributed by atoms with van der Waals surface area (Å²) in [6, 6.07) is 9.57. The number of halogens is 1. The van der Waals surface area contributed by atoms with Crippen LogP contribution in [-0.2, 0) is 0 Å². The molecule has 1 heterocycles. The highest BCUT2D eigenvalue weighted by Crippen LogP contribution is 2.25. The molecule has 2 rings (SSSR count). The zero-order chi connectivity index (χ0) is 10.8. The fraction of sp³-hybridized carbons (Fsp3) is 0.0833. The van der Waals surface area contributed by atoms with Gasteiger partial charge in [0.15, 0.2) is 0 Å². The molecule has 2 N–H and O–H groups in total. The average molecular weight is 219 g/mol. The van der Waals surface area contributed by atoms with E-state index in [0.29, 0.717) is 5.69 Å². The lowest BCUT2D eigenvalue weighted by Gasteiger charge is -2.06. The average Bonchev–Trinajstić information content (AvgIpc) is 2.23. The molecule has 0 saturated heterocycles. The number of nitrogen functional groups attached to an aromatic ring is 1. The summed E-state index contributed by atoms with van der Waals surface area (Å²) >= 11 is 5.83. The molecule has 0 aliphatic rings. The zero-order valence-corrected chi connectivity index (χ0v) is 9.12. The van der Waals surface area contributed by atoms with Crippen LogP contribution in [0, 0.1) is 6.92 Å². The molecule has 0 aliphatic carbocycles. The van der Waals surface area contributed by atoms with Crippen LogP contribution in [0.2, 0.25) is 5.02 Å². The molecule has 15 heavy (non-hydrogen) atoms. The van der Waals surface area contributed by atoms with E-state index in [-0.39, 0.29) is 0 Å². The maximum absolute atomic E-state index is 5.83. The molecular formula is C12H11ClN2. The Morgan fingerprint density at radius 2 is 1.87 bits per heavy atom. The quantitative estimate of drug-likeness (QED) is 0.798. The number of aromatic nitrogens is 1. The van der Waals surface area contributed by atoms with Crippen molar-refractivity contribution in [3.8, 4) is 11.1 Å². The molecule has 0 unspecified atom stereocenters. The Morgan fingerprint density at radius 1 is 1.20 bits per heavy atom. The van der Waals surface area contributed by atoms with Crippen molar-refractivity contribution in [2.24, 2.45) is 0 Å². The summed E-state index contributed by atoms with van der Waals surface area (Å²) in [5.74, 6) is 0. The summed E-state index contributed by atoms with van der Waals surface area (Å²) in [5, 5.41) is 0.730. The van der Waals surface area contributed by atoms with Crippen molar-refractivity contribution in [2.45, 2.75) is 6.92 Å². The number of aryl methyl sites for hydroxylation is 1. The van der Waals surface area contributed by atoms with Gasteiger partial charge in [-0.2, -0.15) is 0 Å². The first-order chi connectivity index (χ1) is 7.16. The van der Waals surface area contributed by atoms with Crippen LogP contribution >= 0.6 is 11.6 Å². The van der Waals surface area contributed by atoms with Gasteiger partial charge in [-0.05, 0) is 30.7 Å². The highest BCUT2D eigenvalue weighted by atomic mass is 35.5. The number of rotatable bonds is 1. The lowest BCUT2D eigenvalue weighted by molar-refractivity contribution is 1.21. The predicted molar refractivity (Wildman–Crippen MR) is 63.8 cm³/mol. The Morgan fingerprint density at radius 3 is 2.53 bits per heavy atom. The number of hydrogen-bond donors (Lipinski definition) is 1. The van der Waals surface area contributed by atoms with Crippen molar-refractivity contribution in [3.63, 3.8) is 0 Å². The first kappa shape index (κ1) is 9.99. The molecule has 2 aromatic rings. The van der Waals surface area contributed by atoms with Crippen LogP contribution < -0.4 is 5.73 Å². The fourth-order valence-corrected chi connectivity index (χ4v) is 1.60. The smallest absolute Gasteiger partial charge is 0.0507 e. The lowest BCUT2D eigenvalue weighted by atomic mass is 10.0. The van der Waals surface area contributed by atoms with E-state index in [1.165, 1.54) is 0 Å². The minimum Gasteiger partial charge on any atom is -0.397 e. The molecule has 0 atom stereocenters. The van der Waals surface area contributed by atoms with E-state index in [1.807, 2.05) is 37.3 Å². The van der Waals surface area contributed by atoms with Gasteiger partial charge in [-0.25, -0.2) is 0 Å². The van der Waals surface area contributed by atoms with Crippen molar-refractivity contribution >= 4 is 17.3 Å². The Kier molecular flexibility index (Phi) is 2.60. The third-order valence-corrected chi connectivity index (χ3v) is 2.52. The molecule has 0 bridgehead atoms. The molecule has 0 spiro atoms. The molecule has 76 valence electrons. The van der Waals surface area contributed by atoms with E-state index >= 15 is 0 Å². The molecule has 1 aromatic heterocycles. The van der Waals surface area contributed by atoms with Crippen LogP contribution in [0.25, 0.3) is 11.1 Å². The number of benzene rings is 1. The van der Waals surface area contributed by atoms with E-state index in [4.69, 9.17) is 17.3 Å².